The van der Waals surface area contributed by atoms with Gasteiger partial charge in [0, 0.05) is 4.90 Å². The zero-order chi connectivity index (χ0) is 19.2. The van der Waals surface area contributed by atoms with E-state index in [0.29, 0.717) is 21.6 Å². The van der Waals surface area contributed by atoms with Crippen LogP contribution in [0.15, 0.2) is 53.4 Å². The molecule has 0 saturated heterocycles. The van der Waals surface area contributed by atoms with Crippen LogP contribution in [-0.2, 0) is 4.79 Å². The van der Waals surface area contributed by atoms with Crippen LogP contribution in [0.3, 0.4) is 0 Å². The van der Waals surface area contributed by atoms with Crippen molar-refractivity contribution in [1.29, 1.82) is 0 Å². The van der Waals surface area contributed by atoms with E-state index < -0.39 is 0 Å². The van der Waals surface area contributed by atoms with E-state index in [9.17, 15) is 4.79 Å². The molecule has 0 radical (unpaired) electrons. The third kappa shape index (κ3) is 4.78. The number of aromatic nitrogens is 2. The van der Waals surface area contributed by atoms with Gasteiger partial charge < -0.3 is 9.47 Å². The van der Waals surface area contributed by atoms with Crippen LogP contribution >= 0.6 is 23.1 Å². The smallest absolute Gasteiger partial charge is 0.239 e. The van der Waals surface area contributed by atoms with Gasteiger partial charge in [-0.25, -0.2) is 0 Å². The maximum atomic E-state index is 12.4. The number of anilines is 1. The van der Waals surface area contributed by atoms with Gasteiger partial charge in [0.2, 0.25) is 11.0 Å². The predicted octanol–water partition coefficient (Wildman–Crippen LogP) is 4.34. The van der Waals surface area contributed by atoms with Gasteiger partial charge in [0.15, 0.2) is 5.01 Å². The molecule has 6 nitrogen and oxygen atoms in total. The molecule has 2 aromatic carbocycles. The summed E-state index contributed by atoms with van der Waals surface area (Å²) >= 11 is 2.78. The Morgan fingerprint density at radius 2 is 1.89 bits per heavy atom. The Morgan fingerprint density at radius 3 is 2.59 bits per heavy atom. The van der Waals surface area contributed by atoms with Crippen molar-refractivity contribution in [3.05, 3.63) is 48.5 Å². The lowest BCUT2D eigenvalue weighted by Gasteiger charge is -2.10. The highest BCUT2D eigenvalue weighted by molar-refractivity contribution is 8.00. The topological polar surface area (TPSA) is 73.3 Å². The minimum atomic E-state index is -0.258. The van der Waals surface area contributed by atoms with E-state index in [1.165, 1.54) is 23.1 Å². The minimum absolute atomic E-state index is 0.121. The van der Waals surface area contributed by atoms with E-state index in [-0.39, 0.29) is 11.2 Å². The van der Waals surface area contributed by atoms with Gasteiger partial charge in [0.25, 0.3) is 0 Å². The van der Waals surface area contributed by atoms with E-state index in [2.05, 4.69) is 15.5 Å². The molecule has 27 heavy (non-hydrogen) atoms. The first-order valence-electron chi connectivity index (χ1n) is 8.19. The van der Waals surface area contributed by atoms with Gasteiger partial charge >= 0.3 is 0 Å². The quantitative estimate of drug-likeness (QED) is 0.594. The number of carbonyl (C=O) groups is 1. The Bertz CT molecular complexity index is 916. The lowest BCUT2D eigenvalue weighted by Crippen LogP contribution is -2.22. The second-order valence-corrected chi connectivity index (χ2v) is 7.93. The number of benzene rings is 2. The van der Waals surface area contributed by atoms with Gasteiger partial charge in [0.05, 0.1) is 25.0 Å². The highest BCUT2D eigenvalue weighted by Gasteiger charge is 2.18. The summed E-state index contributed by atoms with van der Waals surface area (Å²) in [6.45, 7) is 1.86. The first-order chi connectivity index (χ1) is 13.1. The first kappa shape index (κ1) is 19.2. The van der Waals surface area contributed by atoms with E-state index in [1.807, 2.05) is 55.5 Å². The van der Waals surface area contributed by atoms with Gasteiger partial charge in [-0.3, -0.25) is 10.1 Å². The van der Waals surface area contributed by atoms with Crippen molar-refractivity contribution in [2.75, 3.05) is 19.5 Å². The minimum Gasteiger partial charge on any atom is -0.497 e. The number of nitrogens with zero attached hydrogens (tertiary/aromatic N) is 2. The molecule has 140 valence electrons. The van der Waals surface area contributed by atoms with Crippen molar-refractivity contribution < 1.29 is 14.3 Å². The number of carbonyl (C=O) groups excluding carboxylic acids is 1. The molecule has 0 aliphatic carbocycles. The van der Waals surface area contributed by atoms with Crippen LogP contribution in [0.25, 0.3) is 10.6 Å². The molecule has 3 rings (SSSR count). The molecule has 1 aromatic heterocycles. The summed E-state index contributed by atoms with van der Waals surface area (Å²) in [5, 5.41) is 11.9. The molecule has 0 aliphatic heterocycles. The van der Waals surface area contributed by atoms with Crippen LogP contribution in [0, 0.1) is 0 Å². The number of thioether (sulfide) groups is 1. The van der Waals surface area contributed by atoms with Gasteiger partial charge in [-0.15, -0.1) is 22.0 Å². The lowest BCUT2D eigenvalue weighted by atomic mass is 10.2. The van der Waals surface area contributed by atoms with Crippen LogP contribution in [0.4, 0.5) is 5.13 Å². The van der Waals surface area contributed by atoms with Gasteiger partial charge in [-0.05, 0) is 37.3 Å². The maximum Gasteiger partial charge on any atom is 0.239 e. The summed E-state index contributed by atoms with van der Waals surface area (Å²) in [5.41, 5.74) is 0.765. The standard InChI is InChI=1S/C19H19N3O3S2/c1-12(26-14-7-5-4-6-8-14)17(23)20-19-22-21-18(27-19)15-11-13(24-2)9-10-16(15)25-3/h4-12H,1-3H3,(H,20,22,23)/t12-/m0/s1. The third-order valence-corrected chi connectivity index (χ3v) is 5.70. The van der Waals surface area contributed by atoms with Crippen molar-refractivity contribution >= 4 is 34.1 Å². The molecule has 0 fully saturated rings. The summed E-state index contributed by atoms with van der Waals surface area (Å²) in [7, 11) is 3.20. The molecule has 0 unspecified atom stereocenters. The number of nitrogens with one attached hydrogen (secondary N) is 1. The van der Waals surface area contributed by atoms with Crippen LogP contribution in [0.1, 0.15) is 6.92 Å². The molecule has 0 saturated carbocycles. The Morgan fingerprint density at radius 1 is 1.11 bits per heavy atom. The van der Waals surface area contributed by atoms with E-state index in [0.717, 1.165) is 10.5 Å². The van der Waals surface area contributed by atoms with Crippen molar-refractivity contribution in [1.82, 2.24) is 10.2 Å². The number of methoxy groups -OCH3 is 2. The van der Waals surface area contributed by atoms with Crippen LogP contribution in [0.5, 0.6) is 11.5 Å². The van der Waals surface area contributed by atoms with Crippen LogP contribution in [0.2, 0.25) is 0 Å². The summed E-state index contributed by atoms with van der Waals surface area (Å²) in [6, 6.07) is 15.3. The fraction of sp³-hybridized carbons (Fsp3) is 0.211. The van der Waals surface area contributed by atoms with Crippen molar-refractivity contribution in [2.24, 2.45) is 0 Å². The maximum absolute atomic E-state index is 12.4. The number of rotatable bonds is 7. The van der Waals surface area contributed by atoms with E-state index in [4.69, 9.17) is 9.47 Å². The van der Waals surface area contributed by atoms with Crippen molar-refractivity contribution in [2.45, 2.75) is 17.1 Å². The lowest BCUT2D eigenvalue weighted by molar-refractivity contribution is -0.115. The molecule has 3 aromatic rings. The Kier molecular flexibility index (Phi) is 6.31. The van der Waals surface area contributed by atoms with Gasteiger partial charge in [-0.2, -0.15) is 0 Å². The summed E-state index contributed by atoms with van der Waals surface area (Å²) in [6.07, 6.45) is 0. The molecule has 0 aliphatic rings. The molecule has 1 N–H and O–H groups in total. The molecule has 0 spiro atoms. The molecule has 1 atom stereocenters. The first-order valence-corrected chi connectivity index (χ1v) is 9.89. The summed E-state index contributed by atoms with van der Waals surface area (Å²) in [4.78, 5) is 13.5. The summed E-state index contributed by atoms with van der Waals surface area (Å²) < 4.78 is 10.7. The second kappa shape index (κ2) is 8.88. The average Bonchev–Trinajstić information content (AvgIpc) is 3.16. The summed E-state index contributed by atoms with van der Waals surface area (Å²) in [5.74, 6) is 1.24. The number of hydrogen-bond donors (Lipinski definition) is 1. The highest BCUT2D eigenvalue weighted by Crippen LogP contribution is 2.36. The molecule has 8 heteroatoms. The predicted molar refractivity (Wildman–Crippen MR) is 109 cm³/mol. The largest absolute Gasteiger partial charge is 0.497 e. The molecular weight excluding hydrogens is 382 g/mol. The number of hydrogen-bond acceptors (Lipinski definition) is 7. The van der Waals surface area contributed by atoms with E-state index >= 15 is 0 Å². The fourth-order valence-corrected chi connectivity index (χ4v) is 3.98. The zero-order valence-electron chi connectivity index (χ0n) is 15.1. The van der Waals surface area contributed by atoms with Crippen LogP contribution < -0.4 is 14.8 Å². The number of amides is 1. The SMILES string of the molecule is COc1ccc(OC)c(-c2nnc(NC(=O)[C@H](C)Sc3ccccc3)s2)c1. The van der Waals surface area contributed by atoms with Gasteiger partial charge in [-0.1, -0.05) is 29.5 Å². The number of ether oxygens (including phenoxy) is 2. The average molecular weight is 402 g/mol. The molecular formula is C19H19N3O3S2. The third-order valence-electron chi connectivity index (χ3n) is 3.72. The monoisotopic (exact) mass is 401 g/mol. The Hall–Kier alpha value is -2.58. The Labute approximate surface area is 165 Å². The van der Waals surface area contributed by atoms with Crippen LogP contribution in [-0.4, -0.2) is 35.6 Å². The molecule has 1 amide bonds. The normalized spacial score (nSPS) is 11.7. The van der Waals surface area contributed by atoms with E-state index in [1.54, 1.807) is 14.2 Å². The zero-order valence-corrected chi connectivity index (χ0v) is 16.8. The van der Waals surface area contributed by atoms with Gasteiger partial charge in [0.1, 0.15) is 11.5 Å². The molecule has 0 bridgehead atoms. The van der Waals surface area contributed by atoms with Crippen molar-refractivity contribution in [3.8, 4) is 22.1 Å². The fourth-order valence-electron chi connectivity index (χ4n) is 2.33. The Balaban J connectivity index is 1.72. The second-order valence-electron chi connectivity index (χ2n) is 5.54. The molecule has 1 heterocycles. The highest BCUT2D eigenvalue weighted by atomic mass is 32.2. The van der Waals surface area contributed by atoms with Crippen molar-refractivity contribution in [3.63, 3.8) is 0 Å².